The number of carbonyl (C=O) groups is 2. The monoisotopic (exact) mass is 395 g/mol. The molecule has 0 saturated carbocycles. The molecule has 1 saturated heterocycles. The highest BCUT2D eigenvalue weighted by Crippen LogP contribution is 2.35. The number of fused-ring (bicyclic) bond motifs is 1. The molecule has 28 heavy (non-hydrogen) atoms. The minimum atomic E-state index is -3.15. The second-order valence-corrected chi connectivity index (χ2v) is 7.77. The second-order valence-electron chi connectivity index (χ2n) is 7.77. The fraction of sp³-hybridized carbons (Fsp3) is 0.600. The van der Waals surface area contributed by atoms with E-state index in [0.717, 1.165) is 43.7 Å². The average molecular weight is 395 g/mol. The number of rotatable bonds is 3. The molecule has 0 aliphatic carbocycles. The quantitative estimate of drug-likeness (QED) is 0.851. The van der Waals surface area contributed by atoms with Gasteiger partial charge in [0.25, 0.3) is 5.91 Å². The van der Waals surface area contributed by atoms with Crippen LogP contribution in [0.1, 0.15) is 31.7 Å². The lowest BCUT2D eigenvalue weighted by atomic mass is 9.93. The van der Waals surface area contributed by atoms with Crippen LogP contribution in [0.2, 0.25) is 0 Å². The van der Waals surface area contributed by atoms with E-state index in [2.05, 4.69) is 17.3 Å². The molecule has 2 aliphatic heterocycles. The molecule has 0 bridgehead atoms. The lowest BCUT2D eigenvalue weighted by Gasteiger charge is -2.36. The first-order chi connectivity index (χ1) is 13.3. The van der Waals surface area contributed by atoms with E-state index in [4.69, 9.17) is 4.74 Å². The summed E-state index contributed by atoms with van der Waals surface area (Å²) in [5, 5.41) is 2.10. The fourth-order valence-corrected chi connectivity index (χ4v) is 3.94. The zero-order valence-electron chi connectivity index (χ0n) is 16.3. The summed E-state index contributed by atoms with van der Waals surface area (Å²) in [5.41, 5.74) is 0.345. The van der Waals surface area contributed by atoms with Crippen molar-refractivity contribution in [2.24, 2.45) is 0 Å². The molecule has 2 atom stereocenters. The van der Waals surface area contributed by atoms with Gasteiger partial charge in [-0.3, -0.25) is 9.59 Å². The van der Waals surface area contributed by atoms with Crippen LogP contribution in [0.5, 0.6) is 5.75 Å². The number of nitrogens with zero attached hydrogens (tertiary/aromatic N) is 2. The third kappa shape index (κ3) is 4.60. The third-order valence-electron chi connectivity index (χ3n) is 5.50. The molecular weight excluding hydrogens is 368 g/mol. The maximum atomic E-state index is 13.0. The SMILES string of the molecule is CC(NC(=O)C(F)F)C(=O)N1Cc2ccccc2OC2(CCCN(C)CC2)C1. The first-order valence-corrected chi connectivity index (χ1v) is 9.62. The second kappa shape index (κ2) is 8.43. The number of para-hydroxylation sites is 1. The number of hydrogen-bond donors (Lipinski definition) is 1. The fourth-order valence-electron chi connectivity index (χ4n) is 3.94. The number of alkyl halides is 2. The zero-order chi connectivity index (χ0) is 20.3. The lowest BCUT2D eigenvalue weighted by Crippen LogP contribution is -2.53. The van der Waals surface area contributed by atoms with E-state index in [1.54, 1.807) is 4.90 Å². The molecule has 154 valence electrons. The topological polar surface area (TPSA) is 61.9 Å². The Kier molecular flexibility index (Phi) is 6.17. The van der Waals surface area contributed by atoms with Gasteiger partial charge in [-0.15, -0.1) is 0 Å². The standard InChI is InChI=1S/C20H27F2N3O3/c1-14(23-18(26)17(21)22)19(27)25-12-15-6-3-4-7-16(15)28-20(13-25)8-5-10-24(2)11-9-20/h3-4,6-7,14,17H,5,8-13H2,1-2H3,(H,23,26). The maximum Gasteiger partial charge on any atom is 0.315 e. The predicted molar refractivity (Wildman–Crippen MR) is 100 cm³/mol. The summed E-state index contributed by atoms with van der Waals surface area (Å²) >= 11 is 0. The van der Waals surface area contributed by atoms with Gasteiger partial charge >= 0.3 is 6.43 Å². The van der Waals surface area contributed by atoms with Gasteiger partial charge in [0.05, 0.1) is 6.54 Å². The van der Waals surface area contributed by atoms with Gasteiger partial charge in [0, 0.05) is 25.1 Å². The van der Waals surface area contributed by atoms with Crippen molar-refractivity contribution < 1.29 is 23.1 Å². The summed E-state index contributed by atoms with van der Waals surface area (Å²) in [5.74, 6) is -1.06. The van der Waals surface area contributed by atoms with Crippen molar-refractivity contribution in [1.82, 2.24) is 15.1 Å². The molecular formula is C20H27F2N3O3. The Morgan fingerprint density at radius 3 is 2.71 bits per heavy atom. The number of ether oxygens (including phenoxy) is 1. The molecule has 2 aliphatic rings. The molecule has 1 fully saturated rings. The summed E-state index contributed by atoms with van der Waals surface area (Å²) in [6.45, 7) is 3.93. The number of benzene rings is 1. The van der Waals surface area contributed by atoms with Gasteiger partial charge in [0.15, 0.2) is 0 Å². The number of halogens is 2. The van der Waals surface area contributed by atoms with Crippen LogP contribution < -0.4 is 10.1 Å². The maximum absolute atomic E-state index is 13.0. The van der Waals surface area contributed by atoms with Crippen LogP contribution in [0, 0.1) is 0 Å². The largest absolute Gasteiger partial charge is 0.485 e. The normalized spacial score (nSPS) is 24.1. The highest BCUT2D eigenvalue weighted by molar-refractivity contribution is 5.88. The molecule has 0 aromatic heterocycles. The van der Waals surface area contributed by atoms with Gasteiger partial charge in [0.1, 0.15) is 17.4 Å². The van der Waals surface area contributed by atoms with E-state index in [0.29, 0.717) is 13.1 Å². The van der Waals surface area contributed by atoms with Crippen LogP contribution in [-0.2, 0) is 16.1 Å². The van der Waals surface area contributed by atoms with E-state index >= 15 is 0 Å². The van der Waals surface area contributed by atoms with Crippen molar-refractivity contribution >= 4 is 11.8 Å². The van der Waals surface area contributed by atoms with Gasteiger partial charge in [-0.1, -0.05) is 18.2 Å². The lowest BCUT2D eigenvalue weighted by molar-refractivity contribution is -0.141. The molecule has 2 amide bonds. The number of nitrogens with one attached hydrogen (secondary N) is 1. The van der Waals surface area contributed by atoms with Crippen LogP contribution in [0.15, 0.2) is 24.3 Å². The summed E-state index contributed by atoms with van der Waals surface area (Å²) in [6, 6.07) is 6.56. The third-order valence-corrected chi connectivity index (χ3v) is 5.50. The van der Waals surface area contributed by atoms with Crippen LogP contribution in [0.4, 0.5) is 8.78 Å². The van der Waals surface area contributed by atoms with Crippen molar-refractivity contribution in [2.75, 3.05) is 26.7 Å². The van der Waals surface area contributed by atoms with Crippen molar-refractivity contribution in [3.63, 3.8) is 0 Å². The molecule has 8 heteroatoms. The molecule has 6 nitrogen and oxygen atoms in total. The summed E-state index contributed by atoms with van der Waals surface area (Å²) in [4.78, 5) is 28.2. The van der Waals surface area contributed by atoms with E-state index in [1.807, 2.05) is 24.3 Å². The molecule has 2 heterocycles. The predicted octanol–water partition coefficient (Wildman–Crippen LogP) is 2.03. The van der Waals surface area contributed by atoms with Crippen LogP contribution in [0.25, 0.3) is 0 Å². The van der Waals surface area contributed by atoms with Crippen LogP contribution in [0.3, 0.4) is 0 Å². The van der Waals surface area contributed by atoms with Gasteiger partial charge < -0.3 is 19.9 Å². The van der Waals surface area contributed by atoms with Gasteiger partial charge in [0.2, 0.25) is 5.91 Å². The summed E-state index contributed by atoms with van der Waals surface area (Å²) in [7, 11) is 2.06. The highest BCUT2D eigenvalue weighted by atomic mass is 19.3. The Balaban J connectivity index is 1.86. The Hall–Kier alpha value is -2.22. The first kappa shape index (κ1) is 20.5. The number of hydrogen-bond acceptors (Lipinski definition) is 4. The highest BCUT2D eigenvalue weighted by Gasteiger charge is 2.41. The van der Waals surface area contributed by atoms with Crippen LogP contribution in [-0.4, -0.2) is 66.4 Å². The molecule has 1 aromatic carbocycles. The van der Waals surface area contributed by atoms with Gasteiger partial charge in [-0.05, 0) is 39.4 Å². The molecule has 1 aromatic rings. The molecule has 1 spiro atoms. The van der Waals surface area contributed by atoms with Crippen molar-refractivity contribution in [3.8, 4) is 5.75 Å². The van der Waals surface area contributed by atoms with E-state index in [1.165, 1.54) is 6.92 Å². The van der Waals surface area contributed by atoms with Crippen molar-refractivity contribution in [3.05, 3.63) is 29.8 Å². The molecule has 2 unspecified atom stereocenters. The Labute approximate surface area is 163 Å². The minimum Gasteiger partial charge on any atom is -0.485 e. The molecule has 0 radical (unpaired) electrons. The zero-order valence-corrected chi connectivity index (χ0v) is 16.3. The summed E-state index contributed by atoms with van der Waals surface area (Å²) < 4.78 is 31.6. The van der Waals surface area contributed by atoms with Gasteiger partial charge in [-0.25, -0.2) is 0 Å². The van der Waals surface area contributed by atoms with E-state index < -0.39 is 24.0 Å². The van der Waals surface area contributed by atoms with E-state index in [-0.39, 0.29) is 5.91 Å². The van der Waals surface area contributed by atoms with Gasteiger partial charge in [-0.2, -0.15) is 8.78 Å². The average Bonchev–Trinajstić information content (AvgIpc) is 2.94. The Morgan fingerprint density at radius 1 is 1.21 bits per heavy atom. The number of amides is 2. The van der Waals surface area contributed by atoms with Crippen LogP contribution >= 0.6 is 0 Å². The Bertz CT molecular complexity index is 730. The minimum absolute atomic E-state index is 0.321. The number of likely N-dealkylation sites (tertiary alicyclic amines) is 1. The smallest absolute Gasteiger partial charge is 0.315 e. The Morgan fingerprint density at radius 2 is 1.96 bits per heavy atom. The van der Waals surface area contributed by atoms with Crippen molar-refractivity contribution in [2.45, 2.75) is 50.8 Å². The molecule has 1 N–H and O–H groups in total. The molecule has 3 rings (SSSR count). The summed E-state index contributed by atoms with van der Waals surface area (Å²) in [6.07, 6.45) is -0.641. The number of carbonyl (C=O) groups excluding carboxylic acids is 2. The van der Waals surface area contributed by atoms with E-state index in [9.17, 15) is 18.4 Å². The van der Waals surface area contributed by atoms with Crippen molar-refractivity contribution in [1.29, 1.82) is 0 Å². The first-order valence-electron chi connectivity index (χ1n) is 9.62.